The van der Waals surface area contributed by atoms with Crippen LogP contribution in [-0.4, -0.2) is 20.6 Å². The number of hydrogen-bond acceptors (Lipinski definition) is 4. The van der Waals surface area contributed by atoms with Gasteiger partial charge in [-0.15, -0.1) is 0 Å². The molecule has 1 aromatic heterocycles. The van der Waals surface area contributed by atoms with E-state index in [-0.39, 0.29) is 23.6 Å². The molecule has 0 unspecified atom stereocenters. The van der Waals surface area contributed by atoms with Crippen molar-refractivity contribution >= 4 is 17.3 Å². The number of nitrogens with one attached hydrogen (secondary N) is 1. The molecule has 28 heavy (non-hydrogen) atoms. The third-order valence-corrected chi connectivity index (χ3v) is 4.29. The Bertz CT molecular complexity index is 1080. The molecule has 0 saturated carbocycles. The summed E-state index contributed by atoms with van der Waals surface area (Å²) in [6.45, 7) is 3.27. The highest BCUT2D eigenvalue weighted by atomic mass is 19.2. The first-order valence-corrected chi connectivity index (χ1v) is 8.30. The second-order valence-corrected chi connectivity index (χ2v) is 6.17. The zero-order valence-electron chi connectivity index (χ0n) is 15.1. The van der Waals surface area contributed by atoms with E-state index in [0.29, 0.717) is 16.8 Å². The van der Waals surface area contributed by atoms with E-state index in [9.17, 15) is 23.7 Å². The largest absolute Gasteiger partial charge is 0.322 e. The summed E-state index contributed by atoms with van der Waals surface area (Å²) < 4.78 is 27.9. The van der Waals surface area contributed by atoms with Crippen molar-refractivity contribution in [2.24, 2.45) is 0 Å². The summed E-state index contributed by atoms with van der Waals surface area (Å²) in [5.74, 6) is -2.59. The number of hydrogen-bond donors (Lipinski definition) is 1. The molecule has 0 spiro atoms. The highest BCUT2D eigenvalue weighted by Gasteiger charge is 2.22. The Morgan fingerprint density at radius 3 is 2.54 bits per heavy atom. The number of aromatic nitrogens is 2. The monoisotopic (exact) mass is 386 g/mol. The fourth-order valence-electron chi connectivity index (χ4n) is 2.92. The number of aryl methyl sites for hydroxylation is 1. The normalized spacial score (nSPS) is 10.7. The summed E-state index contributed by atoms with van der Waals surface area (Å²) in [5, 5.41) is 17.9. The number of nitro groups is 1. The molecule has 0 atom stereocenters. The van der Waals surface area contributed by atoms with E-state index in [1.54, 1.807) is 38.1 Å². The van der Waals surface area contributed by atoms with Gasteiger partial charge in [0.25, 0.3) is 5.91 Å². The third-order valence-electron chi connectivity index (χ3n) is 4.29. The lowest BCUT2D eigenvalue weighted by atomic mass is 10.1. The average Bonchev–Trinajstić information content (AvgIpc) is 2.92. The third kappa shape index (κ3) is 3.73. The van der Waals surface area contributed by atoms with Crippen molar-refractivity contribution in [1.82, 2.24) is 9.78 Å². The van der Waals surface area contributed by atoms with E-state index in [0.717, 1.165) is 12.1 Å². The highest BCUT2D eigenvalue weighted by molar-refractivity contribution is 6.05. The summed E-state index contributed by atoms with van der Waals surface area (Å²) >= 11 is 0. The Kier molecular flexibility index (Phi) is 5.16. The Labute approximate surface area is 158 Å². The van der Waals surface area contributed by atoms with Gasteiger partial charge in [0.1, 0.15) is 11.4 Å². The topological polar surface area (TPSA) is 90.1 Å². The molecule has 1 amide bonds. The van der Waals surface area contributed by atoms with Crippen LogP contribution in [0, 0.1) is 35.6 Å². The van der Waals surface area contributed by atoms with Crippen LogP contribution in [0.25, 0.3) is 0 Å². The van der Waals surface area contributed by atoms with Gasteiger partial charge in [-0.3, -0.25) is 19.6 Å². The molecule has 0 aliphatic carbocycles. The van der Waals surface area contributed by atoms with Crippen LogP contribution >= 0.6 is 0 Å². The number of anilines is 1. The maximum absolute atomic E-state index is 13.4. The highest BCUT2D eigenvalue weighted by Crippen LogP contribution is 2.23. The van der Waals surface area contributed by atoms with Crippen LogP contribution in [0.15, 0.2) is 42.5 Å². The zero-order valence-corrected chi connectivity index (χ0v) is 15.1. The van der Waals surface area contributed by atoms with Crippen molar-refractivity contribution in [1.29, 1.82) is 0 Å². The smallest absolute Gasteiger partial charge is 0.312 e. The number of amides is 1. The van der Waals surface area contributed by atoms with Crippen LogP contribution in [0.3, 0.4) is 0 Å². The molecule has 7 nitrogen and oxygen atoms in total. The van der Waals surface area contributed by atoms with Crippen molar-refractivity contribution in [3.8, 4) is 0 Å². The van der Waals surface area contributed by atoms with E-state index in [4.69, 9.17) is 0 Å². The molecule has 0 radical (unpaired) electrons. The quantitative estimate of drug-likeness (QED) is 0.530. The van der Waals surface area contributed by atoms with Gasteiger partial charge >= 0.3 is 5.69 Å². The molecule has 3 rings (SSSR count). The Morgan fingerprint density at radius 1 is 1.18 bits per heavy atom. The maximum Gasteiger partial charge on any atom is 0.312 e. The number of carbonyl (C=O) groups excluding carboxylic acids is 1. The van der Waals surface area contributed by atoms with Crippen LogP contribution in [0.2, 0.25) is 0 Å². The van der Waals surface area contributed by atoms with Gasteiger partial charge in [-0.25, -0.2) is 8.78 Å². The van der Waals surface area contributed by atoms with Crippen LogP contribution in [0.1, 0.15) is 27.3 Å². The lowest BCUT2D eigenvalue weighted by Crippen LogP contribution is -2.16. The van der Waals surface area contributed by atoms with Crippen molar-refractivity contribution in [2.45, 2.75) is 20.4 Å². The summed E-state index contributed by atoms with van der Waals surface area (Å²) in [6, 6.07) is 9.72. The van der Waals surface area contributed by atoms with Crippen LogP contribution in [0.5, 0.6) is 0 Å². The van der Waals surface area contributed by atoms with Gasteiger partial charge in [-0.05, 0) is 37.6 Å². The van der Waals surface area contributed by atoms with E-state index in [1.807, 2.05) is 0 Å². The minimum Gasteiger partial charge on any atom is -0.322 e. The molecular formula is C19H16F2N4O3. The van der Waals surface area contributed by atoms with E-state index in [1.165, 1.54) is 10.7 Å². The second-order valence-electron chi connectivity index (χ2n) is 6.17. The number of halogens is 2. The lowest BCUT2D eigenvalue weighted by molar-refractivity contribution is -0.386. The molecule has 1 N–H and O–H groups in total. The van der Waals surface area contributed by atoms with Gasteiger partial charge in [0, 0.05) is 17.3 Å². The Balaban J connectivity index is 1.89. The van der Waals surface area contributed by atoms with E-state index < -0.39 is 22.5 Å². The standard InChI is InChI=1S/C19H16F2N4O3/c1-11-18(25(27)28)12(2)24(23-11)10-13-5-3-4-6-15(13)19(26)22-14-7-8-16(20)17(21)9-14/h3-9H,10H2,1-2H3,(H,22,26). The second kappa shape index (κ2) is 7.55. The van der Waals surface area contributed by atoms with Gasteiger partial charge in [0.05, 0.1) is 11.5 Å². The van der Waals surface area contributed by atoms with Crippen molar-refractivity contribution < 1.29 is 18.5 Å². The van der Waals surface area contributed by atoms with Gasteiger partial charge < -0.3 is 5.32 Å². The molecule has 0 saturated heterocycles. The first kappa shape index (κ1) is 19.2. The SMILES string of the molecule is Cc1nn(Cc2ccccc2C(=O)Nc2ccc(F)c(F)c2)c(C)c1[N+](=O)[O-]. The van der Waals surface area contributed by atoms with Crippen molar-refractivity contribution in [3.05, 3.63) is 86.7 Å². The summed E-state index contributed by atoms with van der Waals surface area (Å²) in [4.78, 5) is 23.3. The molecule has 3 aromatic rings. The molecular weight excluding hydrogens is 370 g/mol. The first-order chi connectivity index (χ1) is 13.3. The fraction of sp³-hybridized carbons (Fsp3) is 0.158. The van der Waals surface area contributed by atoms with E-state index in [2.05, 4.69) is 10.4 Å². The van der Waals surface area contributed by atoms with Gasteiger partial charge in [0.2, 0.25) is 0 Å². The zero-order chi connectivity index (χ0) is 20.4. The van der Waals surface area contributed by atoms with Crippen LogP contribution < -0.4 is 5.32 Å². The van der Waals surface area contributed by atoms with E-state index >= 15 is 0 Å². The summed E-state index contributed by atoms with van der Waals surface area (Å²) in [7, 11) is 0. The molecule has 0 aliphatic rings. The average molecular weight is 386 g/mol. The number of nitrogens with zero attached hydrogens (tertiary/aromatic N) is 3. The molecule has 1 heterocycles. The predicted octanol–water partition coefficient (Wildman–Crippen LogP) is 3.99. The summed E-state index contributed by atoms with van der Waals surface area (Å²) in [5.41, 5.74) is 1.57. The molecule has 0 fully saturated rings. The molecule has 0 bridgehead atoms. The van der Waals surface area contributed by atoms with Gasteiger partial charge in [-0.1, -0.05) is 18.2 Å². The fourth-order valence-corrected chi connectivity index (χ4v) is 2.92. The number of benzene rings is 2. The van der Waals surface area contributed by atoms with Gasteiger partial charge in [-0.2, -0.15) is 5.10 Å². The predicted molar refractivity (Wildman–Crippen MR) is 98.2 cm³/mol. The van der Waals surface area contributed by atoms with Gasteiger partial charge in [0.15, 0.2) is 11.6 Å². The molecule has 144 valence electrons. The van der Waals surface area contributed by atoms with Crippen molar-refractivity contribution in [3.63, 3.8) is 0 Å². The van der Waals surface area contributed by atoms with Crippen molar-refractivity contribution in [2.75, 3.05) is 5.32 Å². The molecule has 9 heteroatoms. The minimum atomic E-state index is -1.07. The van der Waals surface area contributed by atoms with Crippen LogP contribution in [0.4, 0.5) is 20.2 Å². The number of rotatable bonds is 5. The number of carbonyl (C=O) groups is 1. The molecule has 0 aliphatic heterocycles. The Morgan fingerprint density at radius 2 is 1.89 bits per heavy atom. The maximum atomic E-state index is 13.4. The lowest BCUT2D eigenvalue weighted by Gasteiger charge is -2.11. The summed E-state index contributed by atoms with van der Waals surface area (Å²) in [6.07, 6.45) is 0. The Hall–Kier alpha value is -3.62. The van der Waals surface area contributed by atoms with Crippen LogP contribution in [-0.2, 0) is 6.54 Å². The molecule has 2 aromatic carbocycles. The minimum absolute atomic E-state index is 0.0660. The first-order valence-electron chi connectivity index (χ1n) is 8.30.